The van der Waals surface area contributed by atoms with Crippen LogP contribution in [0.4, 0.5) is 10.1 Å². The molecule has 4 nitrogen and oxygen atoms in total. The summed E-state index contributed by atoms with van der Waals surface area (Å²) in [4.78, 5) is 11.4. The minimum Gasteiger partial charge on any atom is -0.258 e. The Balaban J connectivity index is 2.26. The van der Waals surface area contributed by atoms with Gasteiger partial charge in [-0.3, -0.25) is 10.1 Å². The second-order valence-electron chi connectivity index (χ2n) is 3.61. The molecule has 0 N–H and O–H groups in total. The summed E-state index contributed by atoms with van der Waals surface area (Å²) in [5, 5.41) is 19.4. The molecule has 19 heavy (non-hydrogen) atoms. The molecule has 0 amide bonds. The van der Waals surface area contributed by atoms with Crippen molar-refractivity contribution in [3.05, 3.63) is 64.0 Å². The number of nitro groups is 1. The predicted molar refractivity (Wildman–Crippen MR) is 68.3 cm³/mol. The largest absolute Gasteiger partial charge is 0.269 e. The van der Waals surface area contributed by atoms with Crippen LogP contribution in [0.3, 0.4) is 0 Å². The first-order chi connectivity index (χ1) is 9.10. The van der Waals surface area contributed by atoms with Crippen LogP contribution in [0.5, 0.6) is 0 Å². The fraction of sp³-hybridized carbons (Fsp3) is 0. The van der Waals surface area contributed by atoms with Crippen molar-refractivity contribution in [1.29, 1.82) is 5.26 Å². The molecule has 0 fully saturated rings. The van der Waals surface area contributed by atoms with E-state index in [-0.39, 0.29) is 11.3 Å². The minimum atomic E-state index is -0.479. The Hall–Kier alpha value is -2.39. The molecule has 94 valence electrons. The Morgan fingerprint density at radius 1 is 1.21 bits per heavy atom. The summed E-state index contributed by atoms with van der Waals surface area (Å²) in [6, 6.07) is 11.8. The number of hydrogen-bond donors (Lipinski definition) is 0. The lowest BCUT2D eigenvalue weighted by Gasteiger charge is -2.03. The summed E-state index contributed by atoms with van der Waals surface area (Å²) in [5.41, 5.74) is 0.243. The van der Waals surface area contributed by atoms with Gasteiger partial charge < -0.3 is 0 Å². The molecular formula is C13H7FN2O2S. The van der Waals surface area contributed by atoms with Gasteiger partial charge in [0.2, 0.25) is 0 Å². The molecule has 2 aromatic rings. The number of non-ortho nitro benzene ring substituents is 1. The second kappa shape index (κ2) is 5.50. The summed E-state index contributed by atoms with van der Waals surface area (Å²) >= 11 is 1.26. The van der Waals surface area contributed by atoms with Gasteiger partial charge in [-0.15, -0.1) is 0 Å². The topological polar surface area (TPSA) is 66.9 Å². The maximum absolute atomic E-state index is 13.0. The molecule has 0 aromatic heterocycles. The van der Waals surface area contributed by atoms with E-state index in [4.69, 9.17) is 5.26 Å². The predicted octanol–water partition coefficient (Wildman–Crippen LogP) is 3.76. The van der Waals surface area contributed by atoms with Gasteiger partial charge in [-0.25, -0.2) is 4.39 Å². The summed E-state index contributed by atoms with van der Waals surface area (Å²) in [6.45, 7) is 0. The Labute approximate surface area is 112 Å². The maximum Gasteiger partial charge on any atom is 0.269 e. The number of hydrogen-bond acceptors (Lipinski definition) is 4. The van der Waals surface area contributed by atoms with E-state index in [1.807, 2.05) is 6.07 Å². The number of benzene rings is 2. The van der Waals surface area contributed by atoms with Gasteiger partial charge in [0.25, 0.3) is 5.69 Å². The van der Waals surface area contributed by atoms with E-state index < -0.39 is 10.7 Å². The van der Waals surface area contributed by atoms with Crippen LogP contribution >= 0.6 is 11.8 Å². The van der Waals surface area contributed by atoms with E-state index in [0.29, 0.717) is 4.90 Å². The molecule has 2 rings (SSSR count). The van der Waals surface area contributed by atoms with Crippen molar-refractivity contribution in [3.8, 4) is 6.07 Å². The van der Waals surface area contributed by atoms with E-state index >= 15 is 0 Å². The number of nitro benzene ring substituents is 1. The average Bonchev–Trinajstić information content (AvgIpc) is 2.41. The lowest BCUT2D eigenvalue weighted by atomic mass is 10.2. The Morgan fingerprint density at radius 2 is 1.89 bits per heavy atom. The number of nitrogens with zero attached hydrogens (tertiary/aromatic N) is 2. The Bertz CT molecular complexity index is 665. The molecule has 0 aliphatic carbocycles. The highest BCUT2D eigenvalue weighted by molar-refractivity contribution is 7.99. The van der Waals surface area contributed by atoms with Crippen LogP contribution in [-0.4, -0.2) is 4.92 Å². The zero-order valence-electron chi connectivity index (χ0n) is 9.54. The molecule has 0 spiro atoms. The van der Waals surface area contributed by atoms with Gasteiger partial charge in [-0.05, 0) is 30.3 Å². The lowest BCUT2D eigenvalue weighted by molar-refractivity contribution is -0.384. The van der Waals surface area contributed by atoms with Crippen molar-refractivity contribution in [2.45, 2.75) is 9.79 Å². The van der Waals surface area contributed by atoms with E-state index in [0.717, 1.165) is 11.0 Å². The normalized spacial score (nSPS) is 9.89. The van der Waals surface area contributed by atoms with Gasteiger partial charge in [0, 0.05) is 21.9 Å². The quantitative estimate of drug-likeness (QED) is 0.631. The van der Waals surface area contributed by atoms with E-state index in [2.05, 4.69) is 0 Å². The zero-order valence-corrected chi connectivity index (χ0v) is 10.4. The molecule has 0 atom stereocenters. The Morgan fingerprint density at radius 3 is 2.47 bits per heavy atom. The highest BCUT2D eigenvalue weighted by Gasteiger charge is 2.08. The molecule has 0 saturated carbocycles. The molecule has 0 saturated heterocycles. The standard InChI is InChI=1S/C13H7FN2O2S/c14-10-1-6-13(9(7-10)8-15)19-12-4-2-11(3-5-12)16(17)18/h1-7H. The number of halogens is 1. The van der Waals surface area contributed by atoms with Gasteiger partial charge in [-0.1, -0.05) is 11.8 Å². The molecule has 0 bridgehead atoms. The molecule has 0 unspecified atom stereocenters. The third-order valence-corrected chi connectivity index (χ3v) is 3.42. The van der Waals surface area contributed by atoms with Gasteiger partial charge in [0.15, 0.2) is 0 Å². The van der Waals surface area contributed by atoms with Crippen LogP contribution < -0.4 is 0 Å². The molecule has 6 heteroatoms. The van der Waals surface area contributed by atoms with Crippen molar-refractivity contribution in [3.63, 3.8) is 0 Å². The van der Waals surface area contributed by atoms with Crippen molar-refractivity contribution < 1.29 is 9.31 Å². The first kappa shape index (κ1) is 13.1. The van der Waals surface area contributed by atoms with Crippen molar-refractivity contribution >= 4 is 17.4 Å². The molecule has 0 aliphatic heterocycles. The average molecular weight is 274 g/mol. The molecule has 2 aromatic carbocycles. The Kier molecular flexibility index (Phi) is 3.78. The van der Waals surface area contributed by atoms with Gasteiger partial charge in [0.05, 0.1) is 10.5 Å². The monoisotopic (exact) mass is 274 g/mol. The molecule has 0 radical (unpaired) electrons. The van der Waals surface area contributed by atoms with Crippen LogP contribution in [0.2, 0.25) is 0 Å². The molecular weight excluding hydrogens is 267 g/mol. The maximum atomic E-state index is 13.0. The fourth-order valence-electron chi connectivity index (χ4n) is 1.44. The van der Waals surface area contributed by atoms with Gasteiger partial charge in [-0.2, -0.15) is 5.26 Å². The van der Waals surface area contributed by atoms with E-state index in [1.54, 1.807) is 12.1 Å². The van der Waals surface area contributed by atoms with Gasteiger partial charge >= 0.3 is 0 Å². The number of nitriles is 1. The third-order valence-electron chi connectivity index (χ3n) is 2.34. The zero-order chi connectivity index (χ0) is 13.8. The SMILES string of the molecule is N#Cc1cc(F)ccc1Sc1ccc([N+](=O)[O-])cc1. The smallest absolute Gasteiger partial charge is 0.258 e. The van der Waals surface area contributed by atoms with Crippen LogP contribution in [0.25, 0.3) is 0 Å². The van der Waals surface area contributed by atoms with Crippen LogP contribution in [0.1, 0.15) is 5.56 Å². The summed E-state index contributed by atoms with van der Waals surface area (Å²) in [6.07, 6.45) is 0. The number of rotatable bonds is 3. The molecule has 0 aliphatic rings. The van der Waals surface area contributed by atoms with Crippen LogP contribution in [0.15, 0.2) is 52.3 Å². The van der Waals surface area contributed by atoms with Crippen molar-refractivity contribution in [2.75, 3.05) is 0 Å². The van der Waals surface area contributed by atoms with Gasteiger partial charge in [0.1, 0.15) is 11.9 Å². The highest BCUT2D eigenvalue weighted by Crippen LogP contribution is 2.31. The summed E-state index contributed by atoms with van der Waals surface area (Å²) < 4.78 is 13.0. The minimum absolute atomic E-state index is 0.00367. The fourth-order valence-corrected chi connectivity index (χ4v) is 2.32. The summed E-state index contributed by atoms with van der Waals surface area (Å²) in [5.74, 6) is -0.468. The highest BCUT2D eigenvalue weighted by atomic mass is 32.2. The third kappa shape index (κ3) is 3.09. The lowest BCUT2D eigenvalue weighted by Crippen LogP contribution is -1.87. The molecule has 0 heterocycles. The van der Waals surface area contributed by atoms with Crippen molar-refractivity contribution in [2.24, 2.45) is 0 Å². The second-order valence-corrected chi connectivity index (χ2v) is 4.72. The van der Waals surface area contributed by atoms with Crippen LogP contribution in [0, 0.1) is 27.3 Å². The van der Waals surface area contributed by atoms with Crippen LogP contribution in [-0.2, 0) is 0 Å². The summed E-state index contributed by atoms with van der Waals surface area (Å²) in [7, 11) is 0. The van der Waals surface area contributed by atoms with E-state index in [1.165, 1.54) is 36.0 Å². The first-order valence-electron chi connectivity index (χ1n) is 5.22. The van der Waals surface area contributed by atoms with E-state index in [9.17, 15) is 14.5 Å². The first-order valence-corrected chi connectivity index (χ1v) is 6.04. The van der Waals surface area contributed by atoms with Crippen molar-refractivity contribution in [1.82, 2.24) is 0 Å².